The summed E-state index contributed by atoms with van der Waals surface area (Å²) < 4.78 is 17.7. The number of hydrogen-bond donors (Lipinski definition) is 3. The molecule has 3 rings (SSSR count). The van der Waals surface area contributed by atoms with E-state index in [1.165, 1.54) is 18.3 Å². The number of carbonyl (C=O) groups excluding carboxylic acids is 2. The van der Waals surface area contributed by atoms with Gasteiger partial charge in [0.1, 0.15) is 23.4 Å². The van der Waals surface area contributed by atoms with Crippen LogP contribution in [0.3, 0.4) is 0 Å². The van der Waals surface area contributed by atoms with E-state index in [1.54, 1.807) is 18.2 Å². The van der Waals surface area contributed by atoms with Crippen molar-refractivity contribution in [3.63, 3.8) is 0 Å². The van der Waals surface area contributed by atoms with Crippen molar-refractivity contribution < 1.29 is 33.7 Å². The molecule has 2 aromatic carbocycles. The quantitative estimate of drug-likeness (QED) is 0.530. The van der Waals surface area contributed by atoms with Gasteiger partial charge in [-0.1, -0.05) is 12.1 Å². The highest BCUT2D eigenvalue weighted by Gasteiger charge is 2.22. The van der Waals surface area contributed by atoms with E-state index in [-0.39, 0.29) is 27.8 Å². The van der Waals surface area contributed by atoms with E-state index in [4.69, 9.17) is 5.11 Å². The molecule has 30 heavy (non-hydrogen) atoms. The summed E-state index contributed by atoms with van der Waals surface area (Å²) in [5, 5.41) is 21.7. The van der Waals surface area contributed by atoms with Crippen molar-refractivity contribution in [3.8, 4) is 5.75 Å². The number of carboxylic acid groups (broad SMARTS) is 1. The van der Waals surface area contributed by atoms with Crippen molar-refractivity contribution in [1.29, 1.82) is 0 Å². The predicted molar refractivity (Wildman–Crippen MR) is 104 cm³/mol. The lowest BCUT2D eigenvalue weighted by atomic mass is 9.98. The van der Waals surface area contributed by atoms with Gasteiger partial charge in [0.15, 0.2) is 5.75 Å². The van der Waals surface area contributed by atoms with Crippen LogP contribution < -0.4 is 5.32 Å². The fourth-order valence-electron chi connectivity index (χ4n) is 2.96. The number of carbonyl (C=O) groups is 3. The molecule has 3 N–H and O–H groups in total. The van der Waals surface area contributed by atoms with E-state index in [0.29, 0.717) is 12.0 Å². The molecule has 0 saturated heterocycles. The molecule has 0 aliphatic rings. The van der Waals surface area contributed by atoms with Crippen LogP contribution in [0, 0.1) is 5.82 Å². The minimum absolute atomic E-state index is 0.0127. The Morgan fingerprint density at radius 2 is 1.80 bits per heavy atom. The van der Waals surface area contributed by atoms with Gasteiger partial charge in [-0.25, -0.2) is 9.18 Å². The number of benzene rings is 2. The molecule has 0 spiro atoms. The number of pyridine rings is 1. The lowest BCUT2D eigenvalue weighted by Gasteiger charge is -2.12. The molecule has 1 aromatic heterocycles. The Balaban J connectivity index is 2.11. The number of hydrogen-bond acceptors (Lipinski definition) is 6. The van der Waals surface area contributed by atoms with Crippen molar-refractivity contribution in [3.05, 3.63) is 70.7 Å². The number of phenolic OH excluding ortho intramolecular Hbond substituents is 1. The summed E-state index contributed by atoms with van der Waals surface area (Å²) in [7, 11) is 1.12. The molecule has 0 fully saturated rings. The van der Waals surface area contributed by atoms with Crippen LogP contribution in [-0.4, -0.2) is 46.7 Å². The first-order valence-electron chi connectivity index (χ1n) is 8.77. The molecule has 0 aliphatic heterocycles. The molecule has 0 aliphatic carbocycles. The number of esters is 1. The van der Waals surface area contributed by atoms with Crippen LogP contribution in [0.1, 0.15) is 31.8 Å². The molecule has 0 radical (unpaired) electrons. The largest absolute Gasteiger partial charge is 0.505 e. The number of ether oxygens (including phenoxy) is 1. The number of nitrogens with zero attached hydrogens (tertiary/aromatic N) is 1. The second-order valence-electron chi connectivity index (χ2n) is 6.43. The lowest BCUT2D eigenvalue weighted by Crippen LogP contribution is -2.29. The number of aromatic nitrogens is 1. The van der Waals surface area contributed by atoms with Gasteiger partial charge in [0, 0.05) is 17.1 Å². The minimum Gasteiger partial charge on any atom is -0.505 e. The van der Waals surface area contributed by atoms with Crippen molar-refractivity contribution in [1.82, 2.24) is 10.3 Å². The second kappa shape index (κ2) is 8.56. The van der Waals surface area contributed by atoms with Crippen LogP contribution in [-0.2, 0) is 16.0 Å². The molecule has 0 saturated carbocycles. The molecule has 0 unspecified atom stereocenters. The summed E-state index contributed by atoms with van der Waals surface area (Å²) in [6, 6.07) is 8.59. The second-order valence-corrected chi connectivity index (χ2v) is 6.43. The molecule has 9 heteroatoms. The van der Waals surface area contributed by atoms with Gasteiger partial charge in [-0.15, -0.1) is 0 Å². The van der Waals surface area contributed by atoms with Gasteiger partial charge in [0.25, 0.3) is 5.91 Å². The highest BCUT2D eigenvalue weighted by molar-refractivity contribution is 6.12. The Morgan fingerprint density at radius 3 is 2.43 bits per heavy atom. The highest BCUT2D eigenvalue weighted by atomic mass is 19.1. The topological polar surface area (TPSA) is 126 Å². The first-order chi connectivity index (χ1) is 14.3. The summed E-state index contributed by atoms with van der Waals surface area (Å²) in [6.07, 6.45) is 1.84. The molecule has 1 heterocycles. The van der Waals surface area contributed by atoms with E-state index in [9.17, 15) is 23.9 Å². The van der Waals surface area contributed by atoms with E-state index in [1.807, 2.05) is 0 Å². The maximum absolute atomic E-state index is 13.1. The number of carboxylic acids is 1. The van der Waals surface area contributed by atoms with Gasteiger partial charge in [-0.3, -0.25) is 14.6 Å². The SMILES string of the molecule is COC(=O)c1cc(C(=O)NCC(=O)O)c2cc(Cc3ccc(F)cc3)cnc2c1O. The average molecular weight is 412 g/mol. The summed E-state index contributed by atoms with van der Waals surface area (Å²) in [5.74, 6) is -3.70. The average Bonchev–Trinajstić information content (AvgIpc) is 2.73. The molecular formula is C21H17FN2O6. The Morgan fingerprint density at radius 1 is 1.10 bits per heavy atom. The normalized spacial score (nSPS) is 10.6. The third-order valence-corrected chi connectivity index (χ3v) is 4.37. The Bertz CT molecular complexity index is 1140. The fraction of sp³-hybridized carbons (Fsp3) is 0.143. The van der Waals surface area contributed by atoms with Gasteiger partial charge in [-0.2, -0.15) is 0 Å². The number of methoxy groups -OCH3 is 1. The summed E-state index contributed by atoms with van der Waals surface area (Å²) in [5.41, 5.74) is 1.12. The standard InChI is InChI=1S/C21H17FN2O6/c1-30-21(29)16-8-15(20(28)24-10-17(25)26)14-7-12(9-23-18(14)19(16)27)6-11-2-4-13(22)5-3-11/h2-5,7-9,27H,6,10H2,1H3,(H,24,28)(H,25,26). The number of fused-ring (bicyclic) bond motifs is 1. The number of rotatable bonds is 6. The van der Waals surface area contributed by atoms with Gasteiger partial charge in [0.05, 0.1) is 7.11 Å². The number of halogens is 1. The highest BCUT2D eigenvalue weighted by Crippen LogP contribution is 2.32. The van der Waals surface area contributed by atoms with Gasteiger partial charge < -0.3 is 20.3 Å². The molecular weight excluding hydrogens is 395 g/mol. The maximum Gasteiger partial charge on any atom is 0.341 e. The van der Waals surface area contributed by atoms with Crippen LogP contribution in [0.15, 0.2) is 42.6 Å². The number of aliphatic carboxylic acids is 1. The van der Waals surface area contributed by atoms with E-state index < -0.39 is 30.1 Å². The zero-order chi connectivity index (χ0) is 21.8. The third kappa shape index (κ3) is 4.35. The van der Waals surface area contributed by atoms with E-state index in [0.717, 1.165) is 18.7 Å². The first-order valence-corrected chi connectivity index (χ1v) is 8.77. The molecule has 3 aromatic rings. The molecule has 0 bridgehead atoms. The van der Waals surface area contributed by atoms with Crippen molar-refractivity contribution in [2.75, 3.05) is 13.7 Å². The zero-order valence-electron chi connectivity index (χ0n) is 15.8. The van der Waals surface area contributed by atoms with Crippen LogP contribution in [0.4, 0.5) is 4.39 Å². The van der Waals surface area contributed by atoms with Crippen molar-refractivity contribution >= 4 is 28.7 Å². The van der Waals surface area contributed by atoms with Crippen LogP contribution in [0.25, 0.3) is 10.9 Å². The Hall–Kier alpha value is -4.01. The zero-order valence-corrected chi connectivity index (χ0v) is 15.8. The van der Waals surface area contributed by atoms with Crippen LogP contribution in [0.2, 0.25) is 0 Å². The smallest absolute Gasteiger partial charge is 0.341 e. The number of phenols is 1. The number of nitrogens with one attached hydrogen (secondary N) is 1. The van der Waals surface area contributed by atoms with Crippen LogP contribution in [0.5, 0.6) is 5.75 Å². The van der Waals surface area contributed by atoms with Gasteiger partial charge >= 0.3 is 11.9 Å². The summed E-state index contributed by atoms with van der Waals surface area (Å²) >= 11 is 0. The maximum atomic E-state index is 13.1. The number of aromatic hydroxyl groups is 1. The Kier molecular flexibility index (Phi) is 5.91. The van der Waals surface area contributed by atoms with Crippen LogP contribution >= 0.6 is 0 Å². The number of amides is 1. The van der Waals surface area contributed by atoms with Gasteiger partial charge in [-0.05, 0) is 41.8 Å². The van der Waals surface area contributed by atoms with Crippen molar-refractivity contribution in [2.45, 2.75) is 6.42 Å². The predicted octanol–water partition coefficient (Wildman–Crippen LogP) is 2.27. The lowest BCUT2D eigenvalue weighted by molar-refractivity contribution is -0.135. The van der Waals surface area contributed by atoms with Crippen molar-refractivity contribution in [2.24, 2.45) is 0 Å². The third-order valence-electron chi connectivity index (χ3n) is 4.37. The molecule has 0 atom stereocenters. The molecule has 154 valence electrons. The monoisotopic (exact) mass is 412 g/mol. The fourth-order valence-corrected chi connectivity index (χ4v) is 2.96. The van der Waals surface area contributed by atoms with Gasteiger partial charge in [0.2, 0.25) is 0 Å². The minimum atomic E-state index is -1.24. The molecule has 1 amide bonds. The van der Waals surface area contributed by atoms with E-state index >= 15 is 0 Å². The summed E-state index contributed by atoms with van der Waals surface area (Å²) in [6.45, 7) is -0.628. The first kappa shape index (κ1) is 20.7. The Labute approximate surface area is 169 Å². The summed E-state index contributed by atoms with van der Waals surface area (Å²) in [4.78, 5) is 39.5. The molecule has 8 nitrogen and oxygen atoms in total. The van der Waals surface area contributed by atoms with E-state index in [2.05, 4.69) is 15.0 Å².